The molecule has 3 N–H and O–H groups in total. The predicted octanol–water partition coefficient (Wildman–Crippen LogP) is 3.84. The van der Waals surface area contributed by atoms with E-state index in [1.807, 2.05) is 49.4 Å². The molecule has 5 aromatic rings. The predicted molar refractivity (Wildman–Crippen MR) is 138 cm³/mol. The van der Waals surface area contributed by atoms with Crippen molar-refractivity contribution < 1.29 is 9.32 Å². The second kappa shape index (κ2) is 9.87. The molecule has 180 valence electrons. The molecule has 0 saturated heterocycles. The normalized spacial score (nSPS) is 11.0. The van der Waals surface area contributed by atoms with Gasteiger partial charge in [0.25, 0.3) is 11.5 Å². The first-order chi connectivity index (χ1) is 17.5. The van der Waals surface area contributed by atoms with E-state index in [1.165, 1.54) is 0 Å². The van der Waals surface area contributed by atoms with Gasteiger partial charge in [-0.1, -0.05) is 35.5 Å². The zero-order valence-corrected chi connectivity index (χ0v) is 19.8. The summed E-state index contributed by atoms with van der Waals surface area (Å²) in [6, 6.07) is 20.4. The van der Waals surface area contributed by atoms with Crippen LogP contribution < -0.4 is 16.6 Å². The molecule has 5 rings (SSSR count). The standard InChI is InChI=1S/C28H25N5O3/c1-18-12-19(5-7-22(18)17-33-11-3-2-4-26(33)34)13-23-15-21(9-10-30-23)28(35)31-16-20-6-8-24-25(14-20)36-32-27(24)29/h2-12,14-15H,13,16-17H2,1H3,(H2,29,32)(H,31,35). The molecule has 0 spiro atoms. The minimum absolute atomic E-state index is 0.0245. The van der Waals surface area contributed by atoms with Gasteiger partial charge in [0.15, 0.2) is 11.4 Å². The average molecular weight is 480 g/mol. The molecule has 0 aliphatic heterocycles. The minimum atomic E-state index is -0.185. The monoisotopic (exact) mass is 479 g/mol. The van der Waals surface area contributed by atoms with Gasteiger partial charge in [0.1, 0.15) is 0 Å². The van der Waals surface area contributed by atoms with E-state index in [0.29, 0.717) is 36.5 Å². The van der Waals surface area contributed by atoms with Crippen LogP contribution in [0.1, 0.15) is 38.3 Å². The van der Waals surface area contributed by atoms with Gasteiger partial charge in [-0.2, -0.15) is 0 Å². The van der Waals surface area contributed by atoms with E-state index in [1.54, 1.807) is 35.2 Å². The lowest BCUT2D eigenvalue weighted by Crippen LogP contribution is -2.23. The number of amides is 1. The first-order valence-corrected chi connectivity index (χ1v) is 11.6. The number of nitrogens with two attached hydrogens (primary N) is 1. The third kappa shape index (κ3) is 5.02. The number of pyridine rings is 2. The smallest absolute Gasteiger partial charge is 0.251 e. The Morgan fingerprint density at radius 3 is 2.75 bits per heavy atom. The number of carbonyl (C=O) groups is 1. The SMILES string of the molecule is Cc1cc(Cc2cc(C(=O)NCc3ccc4c(N)noc4c3)ccn2)ccc1Cn1ccccc1=O. The number of nitrogens with one attached hydrogen (secondary N) is 1. The van der Waals surface area contributed by atoms with Crippen LogP contribution in [0.5, 0.6) is 0 Å². The molecular formula is C28H25N5O3. The molecule has 36 heavy (non-hydrogen) atoms. The molecular weight excluding hydrogens is 454 g/mol. The third-order valence-corrected chi connectivity index (χ3v) is 6.13. The largest absolute Gasteiger partial charge is 0.380 e. The number of benzene rings is 2. The summed E-state index contributed by atoms with van der Waals surface area (Å²) in [6.07, 6.45) is 4.03. The van der Waals surface area contributed by atoms with Gasteiger partial charge in [-0.05, 0) is 59.5 Å². The van der Waals surface area contributed by atoms with Crippen molar-refractivity contribution in [2.75, 3.05) is 5.73 Å². The van der Waals surface area contributed by atoms with Crippen LogP contribution in [0.25, 0.3) is 11.0 Å². The van der Waals surface area contributed by atoms with Gasteiger partial charge in [-0.15, -0.1) is 0 Å². The Labute approximate surface area is 207 Å². The Balaban J connectivity index is 1.24. The van der Waals surface area contributed by atoms with Crippen LogP contribution in [0.2, 0.25) is 0 Å². The van der Waals surface area contributed by atoms with Gasteiger partial charge < -0.3 is 20.1 Å². The van der Waals surface area contributed by atoms with Crippen molar-refractivity contribution in [3.63, 3.8) is 0 Å². The minimum Gasteiger partial charge on any atom is -0.380 e. The summed E-state index contributed by atoms with van der Waals surface area (Å²) in [4.78, 5) is 29.2. The maximum Gasteiger partial charge on any atom is 0.251 e. The molecule has 0 aliphatic carbocycles. The van der Waals surface area contributed by atoms with Crippen molar-refractivity contribution in [1.82, 2.24) is 20.0 Å². The Kier molecular flexibility index (Phi) is 6.32. The molecule has 0 unspecified atom stereocenters. The van der Waals surface area contributed by atoms with Gasteiger partial charge in [-0.3, -0.25) is 14.6 Å². The van der Waals surface area contributed by atoms with Gasteiger partial charge in [-0.25, -0.2) is 0 Å². The third-order valence-electron chi connectivity index (χ3n) is 6.13. The Hall–Kier alpha value is -4.72. The number of hydrogen-bond donors (Lipinski definition) is 2. The van der Waals surface area contributed by atoms with Crippen LogP contribution >= 0.6 is 0 Å². The molecule has 0 radical (unpaired) electrons. The summed E-state index contributed by atoms with van der Waals surface area (Å²) in [7, 11) is 0. The van der Waals surface area contributed by atoms with Crippen molar-refractivity contribution in [3.05, 3.63) is 123 Å². The highest BCUT2D eigenvalue weighted by Gasteiger charge is 2.10. The van der Waals surface area contributed by atoms with Gasteiger partial charge in [0.2, 0.25) is 0 Å². The van der Waals surface area contributed by atoms with Crippen LogP contribution in [0.15, 0.2) is 88.4 Å². The summed E-state index contributed by atoms with van der Waals surface area (Å²) in [5.41, 5.74) is 11.8. The lowest BCUT2D eigenvalue weighted by Gasteiger charge is -2.11. The maximum atomic E-state index is 12.8. The molecule has 8 heteroatoms. The van der Waals surface area contributed by atoms with E-state index in [4.69, 9.17) is 10.3 Å². The molecule has 0 bridgehead atoms. The molecule has 3 aromatic heterocycles. The van der Waals surface area contributed by atoms with Crippen LogP contribution in [0.4, 0.5) is 5.82 Å². The number of nitrogen functional groups attached to an aromatic ring is 1. The average Bonchev–Trinajstić information content (AvgIpc) is 3.25. The molecule has 0 saturated carbocycles. The fourth-order valence-corrected chi connectivity index (χ4v) is 4.14. The second-order valence-corrected chi connectivity index (χ2v) is 8.72. The summed E-state index contributed by atoms with van der Waals surface area (Å²) >= 11 is 0. The van der Waals surface area contributed by atoms with Gasteiger partial charge in [0, 0.05) is 42.7 Å². The van der Waals surface area contributed by atoms with E-state index in [9.17, 15) is 9.59 Å². The van der Waals surface area contributed by atoms with Crippen LogP contribution in [0, 0.1) is 6.92 Å². The number of anilines is 1. The fourth-order valence-electron chi connectivity index (χ4n) is 4.14. The number of rotatable bonds is 7. The van der Waals surface area contributed by atoms with Gasteiger partial charge >= 0.3 is 0 Å². The van der Waals surface area contributed by atoms with E-state index >= 15 is 0 Å². The first kappa shape index (κ1) is 23.0. The Morgan fingerprint density at radius 2 is 1.92 bits per heavy atom. The maximum absolute atomic E-state index is 12.8. The van der Waals surface area contributed by atoms with E-state index in [-0.39, 0.29) is 11.5 Å². The number of carbonyl (C=O) groups excluding carboxylic acids is 1. The van der Waals surface area contributed by atoms with E-state index in [0.717, 1.165) is 33.3 Å². The summed E-state index contributed by atoms with van der Waals surface area (Å²) in [5, 5.41) is 7.44. The molecule has 8 nitrogen and oxygen atoms in total. The molecule has 0 aliphatic rings. The lowest BCUT2D eigenvalue weighted by atomic mass is 10.0. The number of nitrogens with zero attached hydrogens (tertiary/aromatic N) is 3. The highest BCUT2D eigenvalue weighted by Crippen LogP contribution is 2.21. The van der Waals surface area contributed by atoms with Crippen molar-refractivity contribution in [3.8, 4) is 0 Å². The molecule has 1 amide bonds. The van der Waals surface area contributed by atoms with Crippen molar-refractivity contribution in [2.24, 2.45) is 0 Å². The first-order valence-electron chi connectivity index (χ1n) is 11.6. The number of aryl methyl sites for hydroxylation is 1. The number of fused-ring (bicyclic) bond motifs is 1. The Morgan fingerprint density at radius 1 is 1.06 bits per heavy atom. The van der Waals surface area contributed by atoms with Crippen LogP contribution in [-0.4, -0.2) is 20.6 Å². The molecule has 0 atom stereocenters. The quantitative estimate of drug-likeness (QED) is 0.366. The summed E-state index contributed by atoms with van der Waals surface area (Å²) in [5.74, 6) is 0.164. The topological polar surface area (TPSA) is 116 Å². The zero-order valence-electron chi connectivity index (χ0n) is 19.8. The zero-order chi connectivity index (χ0) is 25.1. The lowest BCUT2D eigenvalue weighted by molar-refractivity contribution is 0.0950. The number of hydrogen-bond acceptors (Lipinski definition) is 6. The molecule has 3 heterocycles. The summed E-state index contributed by atoms with van der Waals surface area (Å²) in [6.45, 7) is 2.91. The highest BCUT2D eigenvalue weighted by atomic mass is 16.5. The van der Waals surface area contributed by atoms with Crippen molar-refractivity contribution in [1.29, 1.82) is 0 Å². The Bertz CT molecular complexity index is 1620. The molecule has 2 aromatic carbocycles. The summed E-state index contributed by atoms with van der Waals surface area (Å²) < 4.78 is 6.88. The molecule has 0 fully saturated rings. The van der Waals surface area contributed by atoms with Crippen molar-refractivity contribution >= 4 is 22.7 Å². The fraction of sp³-hybridized carbons (Fsp3) is 0.143. The van der Waals surface area contributed by atoms with Crippen molar-refractivity contribution in [2.45, 2.75) is 26.4 Å². The second-order valence-electron chi connectivity index (χ2n) is 8.72. The van der Waals surface area contributed by atoms with Gasteiger partial charge in [0.05, 0.1) is 11.9 Å². The van der Waals surface area contributed by atoms with Crippen LogP contribution in [0.3, 0.4) is 0 Å². The number of aromatic nitrogens is 3. The highest BCUT2D eigenvalue weighted by molar-refractivity contribution is 5.94. The van der Waals surface area contributed by atoms with E-state index in [2.05, 4.69) is 21.5 Å². The van der Waals surface area contributed by atoms with E-state index < -0.39 is 0 Å². The van der Waals surface area contributed by atoms with Crippen LogP contribution in [-0.2, 0) is 19.5 Å².